The van der Waals surface area contributed by atoms with Crippen LogP contribution in [0.3, 0.4) is 0 Å². The lowest BCUT2D eigenvalue weighted by Gasteiger charge is -2.10. The molecule has 3 aromatic carbocycles. The molecule has 4 aromatic rings. The quantitative estimate of drug-likeness (QED) is 0.376. The van der Waals surface area contributed by atoms with Gasteiger partial charge in [-0.2, -0.15) is 0 Å². The Bertz CT molecular complexity index is 1340. The van der Waals surface area contributed by atoms with Crippen LogP contribution in [0.1, 0.15) is 21.5 Å². The van der Waals surface area contributed by atoms with Gasteiger partial charge in [0.2, 0.25) is 5.88 Å². The van der Waals surface area contributed by atoms with Crippen LogP contribution in [0, 0.1) is 0 Å². The van der Waals surface area contributed by atoms with E-state index in [0.29, 0.717) is 23.7 Å². The summed E-state index contributed by atoms with van der Waals surface area (Å²) in [5.41, 5.74) is 2.69. The van der Waals surface area contributed by atoms with Crippen molar-refractivity contribution in [3.05, 3.63) is 120 Å². The molecule has 1 amide bonds. The Balaban J connectivity index is 1.33. The van der Waals surface area contributed by atoms with Gasteiger partial charge < -0.3 is 10.1 Å². The lowest BCUT2D eigenvalue weighted by molar-refractivity contribution is 0.0950. The van der Waals surface area contributed by atoms with Gasteiger partial charge in [0.1, 0.15) is 6.61 Å². The molecule has 0 aliphatic heterocycles. The second-order valence-electron chi connectivity index (χ2n) is 7.46. The molecule has 0 fully saturated rings. The predicted molar refractivity (Wildman–Crippen MR) is 130 cm³/mol. The molecule has 8 heteroatoms. The van der Waals surface area contributed by atoms with Crippen molar-refractivity contribution in [2.75, 3.05) is 4.72 Å². The number of nitrogens with zero attached hydrogens (tertiary/aromatic N) is 1. The number of anilines is 1. The highest BCUT2D eigenvalue weighted by atomic mass is 32.2. The molecule has 2 N–H and O–H groups in total. The van der Waals surface area contributed by atoms with Gasteiger partial charge in [-0.15, -0.1) is 0 Å². The van der Waals surface area contributed by atoms with E-state index in [4.69, 9.17) is 4.74 Å². The number of hydrogen-bond donors (Lipinski definition) is 2. The van der Waals surface area contributed by atoms with Crippen molar-refractivity contribution in [1.29, 1.82) is 0 Å². The van der Waals surface area contributed by atoms with Crippen LogP contribution in [0.4, 0.5) is 5.69 Å². The van der Waals surface area contributed by atoms with Crippen molar-refractivity contribution in [3.8, 4) is 5.88 Å². The summed E-state index contributed by atoms with van der Waals surface area (Å²) in [6.45, 7) is 0.677. The fraction of sp³-hybridized carbons (Fsp3) is 0.0769. The Kier molecular flexibility index (Phi) is 7.19. The SMILES string of the molecule is O=C(NCc1ccnc(OCc2ccccc2)c1)c1ccc(S(=O)(=O)Nc2ccccc2)cc1. The number of rotatable bonds is 9. The minimum atomic E-state index is -3.74. The first-order valence-corrected chi connectivity index (χ1v) is 12.1. The number of nitrogens with one attached hydrogen (secondary N) is 2. The van der Waals surface area contributed by atoms with Crippen LogP contribution >= 0.6 is 0 Å². The highest BCUT2D eigenvalue weighted by Gasteiger charge is 2.15. The van der Waals surface area contributed by atoms with Gasteiger partial charge in [-0.1, -0.05) is 48.5 Å². The Morgan fingerprint density at radius 3 is 2.21 bits per heavy atom. The summed E-state index contributed by atoms with van der Waals surface area (Å²) in [5, 5.41) is 2.83. The van der Waals surface area contributed by atoms with E-state index >= 15 is 0 Å². The van der Waals surface area contributed by atoms with Gasteiger partial charge in [-0.25, -0.2) is 13.4 Å². The fourth-order valence-corrected chi connectivity index (χ4v) is 4.22. The highest BCUT2D eigenvalue weighted by molar-refractivity contribution is 7.92. The van der Waals surface area contributed by atoms with Gasteiger partial charge in [0, 0.05) is 30.1 Å². The molecule has 0 radical (unpaired) electrons. The van der Waals surface area contributed by atoms with Gasteiger partial charge in [-0.05, 0) is 53.6 Å². The number of para-hydroxylation sites is 1. The third kappa shape index (κ3) is 6.20. The summed E-state index contributed by atoms with van der Waals surface area (Å²) in [6, 6.07) is 27.7. The molecule has 1 aromatic heterocycles. The van der Waals surface area contributed by atoms with E-state index in [1.54, 1.807) is 48.7 Å². The Morgan fingerprint density at radius 2 is 1.50 bits per heavy atom. The zero-order chi connectivity index (χ0) is 23.8. The number of benzene rings is 3. The topological polar surface area (TPSA) is 97.4 Å². The largest absolute Gasteiger partial charge is 0.473 e. The van der Waals surface area contributed by atoms with Crippen LogP contribution in [0.15, 0.2) is 108 Å². The zero-order valence-electron chi connectivity index (χ0n) is 18.2. The average molecular weight is 474 g/mol. The van der Waals surface area contributed by atoms with E-state index in [-0.39, 0.29) is 17.3 Å². The van der Waals surface area contributed by atoms with E-state index in [2.05, 4.69) is 15.0 Å². The van der Waals surface area contributed by atoms with E-state index in [1.165, 1.54) is 24.3 Å². The van der Waals surface area contributed by atoms with Crippen molar-refractivity contribution in [2.24, 2.45) is 0 Å². The second kappa shape index (κ2) is 10.6. The van der Waals surface area contributed by atoms with Crippen molar-refractivity contribution in [3.63, 3.8) is 0 Å². The lowest BCUT2D eigenvalue weighted by atomic mass is 10.2. The number of sulfonamides is 1. The lowest BCUT2D eigenvalue weighted by Crippen LogP contribution is -2.23. The van der Waals surface area contributed by atoms with Gasteiger partial charge >= 0.3 is 0 Å². The predicted octanol–water partition coefficient (Wildman–Crippen LogP) is 4.39. The van der Waals surface area contributed by atoms with E-state index in [1.807, 2.05) is 30.3 Å². The van der Waals surface area contributed by atoms with Crippen LogP contribution in [-0.2, 0) is 23.2 Å². The Labute approximate surface area is 198 Å². The molecule has 0 unspecified atom stereocenters. The molecule has 0 aliphatic carbocycles. The Morgan fingerprint density at radius 1 is 0.824 bits per heavy atom. The van der Waals surface area contributed by atoms with Crippen molar-refractivity contribution in [2.45, 2.75) is 18.0 Å². The Hall–Kier alpha value is -4.17. The fourth-order valence-electron chi connectivity index (χ4n) is 3.16. The summed E-state index contributed by atoms with van der Waals surface area (Å²) in [5.74, 6) is 0.152. The molecule has 172 valence electrons. The summed E-state index contributed by atoms with van der Waals surface area (Å²) >= 11 is 0. The maximum atomic E-state index is 12.5. The molecule has 7 nitrogen and oxygen atoms in total. The van der Waals surface area contributed by atoms with E-state index < -0.39 is 10.0 Å². The molecule has 1 heterocycles. The summed E-state index contributed by atoms with van der Waals surface area (Å²) < 4.78 is 33.3. The highest BCUT2D eigenvalue weighted by Crippen LogP contribution is 2.17. The van der Waals surface area contributed by atoms with Gasteiger partial charge in [0.15, 0.2) is 0 Å². The minimum absolute atomic E-state index is 0.0715. The number of ether oxygens (including phenoxy) is 1. The van der Waals surface area contributed by atoms with Crippen LogP contribution in [0.5, 0.6) is 5.88 Å². The third-order valence-electron chi connectivity index (χ3n) is 4.93. The number of carbonyl (C=O) groups is 1. The number of carbonyl (C=O) groups excluding carboxylic acids is 1. The van der Waals surface area contributed by atoms with Gasteiger partial charge in [0.25, 0.3) is 15.9 Å². The summed E-state index contributed by atoms with van der Waals surface area (Å²) in [6.07, 6.45) is 1.63. The molecule has 0 saturated heterocycles. The van der Waals surface area contributed by atoms with Crippen molar-refractivity contribution < 1.29 is 17.9 Å². The van der Waals surface area contributed by atoms with E-state index in [9.17, 15) is 13.2 Å². The summed E-state index contributed by atoms with van der Waals surface area (Å²) in [4.78, 5) is 16.8. The second-order valence-corrected chi connectivity index (χ2v) is 9.14. The molecule has 0 aliphatic rings. The minimum Gasteiger partial charge on any atom is -0.473 e. The molecule has 0 saturated carbocycles. The van der Waals surface area contributed by atoms with Crippen LogP contribution in [0.25, 0.3) is 0 Å². The van der Waals surface area contributed by atoms with Crippen LogP contribution < -0.4 is 14.8 Å². The number of aromatic nitrogens is 1. The monoisotopic (exact) mass is 473 g/mol. The molecule has 0 atom stereocenters. The number of hydrogen-bond acceptors (Lipinski definition) is 5. The maximum absolute atomic E-state index is 12.5. The first-order valence-electron chi connectivity index (χ1n) is 10.6. The van der Waals surface area contributed by atoms with Gasteiger partial charge in [-0.3, -0.25) is 9.52 Å². The molecule has 4 rings (SSSR count). The maximum Gasteiger partial charge on any atom is 0.261 e. The summed E-state index contributed by atoms with van der Waals surface area (Å²) in [7, 11) is -3.74. The molecule has 0 bridgehead atoms. The normalized spacial score (nSPS) is 10.9. The first-order chi connectivity index (χ1) is 16.5. The standard InChI is InChI=1S/C26H23N3O4S/c30-26(22-11-13-24(14-12-22)34(31,32)29-23-9-5-2-6-10-23)28-18-21-15-16-27-25(17-21)33-19-20-7-3-1-4-8-20/h1-17,29H,18-19H2,(H,28,30). The van der Waals surface area contributed by atoms with Gasteiger partial charge in [0.05, 0.1) is 4.90 Å². The average Bonchev–Trinajstić information content (AvgIpc) is 2.87. The molecule has 34 heavy (non-hydrogen) atoms. The molecular formula is C26H23N3O4S. The number of amides is 1. The zero-order valence-corrected chi connectivity index (χ0v) is 19.0. The van der Waals surface area contributed by atoms with Crippen LogP contribution in [-0.4, -0.2) is 19.3 Å². The van der Waals surface area contributed by atoms with Crippen LogP contribution in [0.2, 0.25) is 0 Å². The number of pyridine rings is 1. The van der Waals surface area contributed by atoms with Crippen molar-refractivity contribution in [1.82, 2.24) is 10.3 Å². The first kappa shape index (κ1) is 23.0. The van der Waals surface area contributed by atoms with E-state index in [0.717, 1.165) is 11.1 Å². The third-order valence-corrected chi connectivity index (χ3v) is 6.33. The smallest absolute Gasteiger partial charge is 0.261 e. The van der Waals surface area contributed by atoms with Crippen molar-refractivity contribution >= 4 is 21.6 Å². The molecular weight excluding hydrogens is 450 g/mol. The molecule has 0 spiro atoms.